The highest BCUT2D eigenvalue weighted by Gasteiger charge is 2.52. The molecule has 12 aromatic rings. The quantitative estimate of drug-likeness (QED) is 0.167. The summed E-state index contributed by atoms with van der Waals surface area (Å²) in [7, 11) is 0. The summed E-state index contributed by atoms with van der Waals surface area (Å²) in [6, 6.07) is 84.6. The van der Waals surface area contributed by atoms with Gasteiger partial charge >= 0.3 is 0 Å². The van der Waals surface area contributed by atoms with Crippen LogP contribution in [0.4, 0.5) is 0 Å². The molecule has 4 nitrogen and oxygen atoms in total. The highest BCUT2D eigenvalue weighted by atomic mass is 16.3. The number of hydrogen-bond donors (Lipinski definition) is 0. The third kappa shape index (κ3) is 5.71. The molecular weight excluding hydrogens is 827 g/mol. The average molecular weight is 866 g/mol. The lowest BCUT2D eigenvalue weighted by atomic mass is 9.68. The second kappa shape index (κ2) is 15.0. The topological polar surface area (TPSA) is 51.8 Å². The zero-order valence-corrected chi connectivity index (χ0v) is 36.8. The van der Waals surface area contributed by atoms with Crippen molar-refractivity contribution in [3.63, 3.8) is 0 Å². The van der Waals surface area contributed by atoms with Gasteiger partial charge in [-0.1, -0.05) is 218 Å². The fourth-order valence-electron chi connectivity index (χ4n) is 11.2. The standard InChI is InChI=1S/C64H39N3O/c1-3-15-40(16-4-1)41-31-35-45(36-32-41)62-65-61(44-17-5-2-6-18-44)66-63(67-62)52-24-14-28-58-59(52)53-39-46(37-38-57(53)68-58)42-29-33-43(34-30-42)47-22-13-23-51-50-21-9-12-27-56(50)64(60(47)51)54-25-10-7-19-48(54)49-20-8-11-26-55(49)64/h1-39H. The van der Waals surface area contributed by atoms with E-state index in [9.17, 15) is 0 Å². The number of fused-ring (bicyclic) bond motifs is 13. The van der Waals surface area contributed by atoms with E-state index in [4.69, 9.17) is 19.4 Å². The maximum Gasteiger partial charge on any atom is 0.164 e. The first-order valence-corrected chi connectivity index (χ1v) is 23.2. The molecule has 4 heteroatoms. The van der Waals surface area contributed by atoms with Gasteiger partial charge in [-0.2, -0.15) is 0 Å². The first-order valence-electron chi connectivity index (χ1n) is 23.2. The molecule has 0 amide bonds. The fourth-order valence-corrected chi connectivity index (χ4v) is 11.2. The minimum absolute atomic E-state index is 0.423. The molecule has 0 bridgehead atoms. The second-order valence-corrected chi connectivity index (χ2v) is 17.8. The molecule has 2 aliphatic carbocycles. The maximum absolute atomic E-state index is 6.56. The van der Waals surface area contributed by atoms with Crippen LogP contribution < -0.4 is 0 Å². The van der Waals surface area contributed by atoms with Crippen molar-refractivity contribution < 1.29 is 4.42 Å². The van der Waals surface area contributed by atoms with Gasteiger partial charge in [0.1, 0.15) is 11.2 Å². The van der Waals surface area contributed by atoms with E-state index in [0.717, 1.165) is 60.9 Å². The Morgan fingerprint density at radius 3 is 1.35 bits per heavy atom. The molecule has 0 N–H and O–H groups in total. The van der Waals surface area contributed by atoms with E-state index >= 15 is 0 Å². The molecular formula is C64H39N3O. The number of furan rings is 1. The number of aromatic nitrogens is 3. The van der Waals surface area contributed by atoms with Crippen molar-refractivity contribution in [1.29, 1.82) is 0 Å². The van der Waals surface area contributed by atoms with Gasteiger partial charge < -0.3 is 4.42 Å². The van der Waals surface area contributed by atoms with Gasteiger partial charge in [0.15, 0.2) is 17.5 Å². The van der Waals surface area contributed by atoms with E-state index in [-0.39, 0.29) is 0 Å². The van der Waals surface area contributed by atoms with E-state index in [1.165, 1.54) is 55.6 Å². The molecule has 68 heavy (non-hydrogen) atoms. The summed E-state index contributed by atoms with van der Waals surface area (Å²) in [6.07, 6.45) is 0. The summed E-state index contributed by atoms with van der Waals surface area (Å²) in [6.45, 7) is 0. The van der Waals surface area contributed by atoms with Crippen molar-refractivity contribution in [2.24, 2.45) is 0 Å². The number of rotatable bonds is 6. The van der Waals surface area contributed by atoms with Gasteiger partial charge in [-0.15, -0.1) is 0 Å². The van der Waals surface area contributed by atoms with Crippen LogP contribution >= 0.6 is 0 Å². The van der Waals surface area contributed by atoms with Crippen LogP contribution in [0.15, 0.2) is 241 Å². The molecule has 2 aliphatic rings. The Balaban J connectivity index is 0.879. The van der Waals surface area contributed by atoms with E-state index < -0.39 is 5.41 Å². The van der Waals surface area contributed by atoms with Crippen molar-refractivity contribution in [3.05, 3.63) is 259 Å². The molecule has 0 radical (unpaired) electrons. The molecule has 14 rings (SSSR count). The van der Waals surface area contributed by atoms with Crippen LogP contribution in [0.1, 0.15) is 22.3 Å². The van der Waals surface area contributed by atoms with Crippen molar-refractivity contribution in [2.45, 2.75) is 5.41 Å². The van der Waals surface area contributed by atoms with Crippen LogP contribution in [0.25, 0.3) is 112 Å². The van der Waals surface area contributed by atoms with Crippen LogP contribution in [-0.4, -0.2) is 15.0 Å². The van der Waals surface area contributed by atoms with Gasteiger partial charge in [0, 0.05) is 27.5 Å². The van der Waals surface area contributed by atoms with Gasteiger partial charge in [-0.05, 0) is 96.1 Å². The zero-order chi connectivity index (χ0) is 44.8. The predicted octanol–water partition coefficient (Wildman–Crippen LogP) is 16.1. The lowest BCUT2D eigenvalue weighted by molar-refractivity contribution is 0.669. The van der Waals surface area contributed by atoms with Crippen molar-refractivity contribution in [2.75, 3.05) is 0 Å². The molecule has 10 aromatic carbocycles. The average Bonchev–Trinajstić information content (AvgIpc) is 4.05. The van der Waals surface area contributed by atoms with Crippen LogP contribution in [0.5, 0.6) is 0 Å². The number of hydrogen-bond acceptors (Lipinski definition) is 4. The van der Waals surface area contributed by atoms with Crippen LogP contribution in [0.3, 0.4) is 0 Å². The summed E-state index contributed by atoms with van der Waals surface area (Å²) >= 11 is 0. The molecule has 0 saturated heterocycles. The second-order valence-electron chi connectivity index (χ2n) is 17.8. The molecule has 316 valence electrons. The van der Waals surface area contributed by atoms with Gasteiger partial charge in [-0.25, -0.2) is 15.0 Å². The van der Waals surface area contributed by atoms with Crippen LogP contribution in [0, 0.1) is 0 Å². The highest BCUT2D eigenvalue weighted by Crippen LogP contribution is 2.64. The lowest BCUT2D eigenvalue weighted by Crippen LogP contribution is -2.26. The molecule has 0 saturated carbocycles. The predicted molar refractivity (Wildman–Crippen MR) is 276 cm³/mol. The molecule has 0 fully saturated rings. The van der Waals surface area contributed by atoms with E-state index in [1.807, 2.05) is 48.5 Å². The van der Waals surface area contributed by atoms with Crippen LogP contribution in [0.2, 0.25) is 0 Å². The zero-order valence-electron chi connectivity index (χ0n) is 36.8. The van der Waals surface area contributed by atoms with Crippen molar-refractivity contribution >= 4 is 21.9 Å². The summed E-state index contributed by atoms with van der Waals surface area (Å²) in [5.74, 6) is 1.81. The largest absolute Gasteiger partial charge is 0.456 e. The molecule has 0 unspecified atom stereocenters. The molecule has 0 atom stereocenters. The Morgan fingerprint density at radius 2 is 0.706 bits per heavy atom. The Bertz CT molecular complexity index is 3880. The minimum atomic E-state index is -0.423. The minimum Gasteiger partial charge on any atom is -0.456 e. The Labute approximate surface area is 393 Å². The van der Waals surface area contributed by atoms with Gasteiger partial charge in [0.25, 0.3) is 0 Å². The smallest absolute Gasteiger partial charge is 0.164 e. The Kier molecular flexibility index (Phi) is 8.46. The summed E-state index contributed by atoms with van der Waals surface area (Å²) < 4.78 is 6.56. The molecule has 1 spiro atoms. The molecule has 2 heterocycles. The normalized spacial score (nSPS) is 12.8. The van der Waals surface area contributed by atoms with Gasteiger partial charge in [0.05, 0.1) is 5.41 Å². The number of benzene rings is 10. The lowest BCUT2D eigenvalue weighted by Gasteiger charge is -2.32. The third-order valence-corrected chi connectivity index (χ3v) is 14.2. The molecule has 2 aromatic heterocycles. The molecule has 0 aliphatic heterocycles. The van der Waals surface area contributed by atoms with E-state index in [1.54, 1.807) is 0 Å². The summed E-state index contributed by atoms with van der Waals surface area (Å²) in [5.41, 5.74) is 21.4. The summed E-state index contributed by atoms with van der Waals surface area (Å²) in [5, 5.41) is 1.98. The van der Waals surface area contributed by atoms with Crippen molar-refractivity contribution in [3.8, 4) is 89.8 Å². The fraction of sp³-hybridized carbons (Fsp3) is 0.0156. The van der Waals surface area contributed by atoms with E-state index in [2.05, 4.69) is 188 Å². The Hall–Kier alpha value is -8.99. The third-order valence-electron chi connectivity index (χ3n) is 14.2. The van der Waals surface area contributed by atoms with Gasteiger partial charge in [-0.3, -0.25) is 0 Å². The van der Waals surface area contributed by atoms with Gasteiger partial charge in [0.2, 0.25) is 0 Å². The van der Waals surface area contributed by atoms with Crippen LogP contribution in [-0.2, 0) is 5.41 Å². The maximum atomic E-state index is 6.56. The monoisotopic (exact) mass is 865 g/mol. The Morgan fingerprint density at radius 1 is 0.279 bits per heavy atom. The first kappa shape index (κ1) is 38.3. The number of nitrogens with zero attached hydrogens (tertiary/aromatic N) is 3. The SMILES string of the molecule is c1ccc(-c2ccc(-c3nc(-c4ccccc4)nc(-c4cccc5oc6ccc(-c7ccc(-c8cccc9c8C8(c%10ccccc%10-c%10ccccc%108)c8ccccc8-9)cc7)cc6c45)n3)cc2)cc1. The first-order chi connectivity index (χ1) is 33.7. The summed E-state index contributed by atoms with van der Waals surface area (Å²) in [4.78, 5) is 15.4. The van der Waals surface area contributed by atoms with Crippen molar-refractivity contribution in [1.82, 2.24) is 15.0 Å². The van der Waals surface area contributed by atoms with E-state index in [0.29, 0.717) is 17.5 Å². The highest BCUT2D eigenvalue weighted by molar-refractivity contribution is 6.13.